The van der Waals surface area contributed by atoms with Crippen LogP contribution in [0.4, 0.5) is 0 Å². The van der Waals surface area contributed by atoms with E-state index in [9.17, 15) is 9.59 Å². The number of carbonyl (C=O) groups excluding carboxylic acids is 1. The molecule has 7 heteroatoms. The van der Waals surface area contributed by atoms with Gasteiger partial charge in [-0.1, -0.05) is 41.4 Å². The minimum atomic E-state index is -0.980. The Morgan fingerprint density at radius 2 is 1.81 bits per heavy atom. The highest BCUT2D eigenvalue weighted by Crippen LogP contribution is 2.23. The molecule has 0 saturated carbocycles. The molecular weight excluding hydrogens is 377 g/mol. The van der Waals surface area contributed by atoms with Crippen LogP contribution in [0.25, 0.3) is 0 Å². The largest absolute Gasteiger partial charge is 0.489 e. The lowest BCUT2D eigenvalue weighted by molar-refractivity contribution is -0.138. The van der Waals surface area contributed by atoms with Gasteiger partial charge in [-0.2, -0.15) is 0 Å². The van der Waals surface area contributed by atoms with Crippen LogP contribution in [0.5, 0.6) is 5.75 Å². The summed E-state index contributed by atoms with van der Waals surface area (Å²) in [5.74, 6) is -0.530. The SMILES string of the molecule is O=C(O)CCC(=O)NCCc1cccc(OCc2ccc(Cl)c(Cl)c2)c1. The zero-order valence-electron chi connectivity index (χ0n) is 14.0. The van der Waals surface area contributed by atoms with Crippen LogP contribution in [0.2, 0.25) is 10.0 Å². The molecule has 2 rings (SSSR count). The summed E-state index contributed by atoms with van der Waals surface area (Å²) < 4.78 is 5.77. The highest BCUT2D eigenvalue weighted by molar-refractivity contribution is 6.42. The first-order valence-corrected chi connectivity index (χ1v) is 8.84. The van der Waals surface area contributed by atoms with Crippen LogP contribution < -0.4 is 10.1 Å². The minimum Gasteiger partial charge on any atom is -0.489 e. The molecule has 2 aromatic rings. The first kappa shape index (κ1) is 20.1. The van der Waals surface area contributed by atoms with Gasteiger partial charge in [0.1, 0.15) is 12.4 Å². The monoisotopic (exact) mass is 395 g/mol. The first-order valence-electron chi connectivity index (χ1n) is 8.08. The van der Waals surface area contributed by atoms with Crippen LogP contribution in [0.1, 0.15) is 24.0 Å². The fourth-order valence-electron chi connectivity index (χ4n) is 2.24. The van der Waals surface area contributed by atoms with Gasteiger partial charge in [0, 0.05) is 13.0 Å². The van der Waals surface area contributed by atoms with Gasteiger partial charge in [0.2, 0.25) is 5.91 Å². The van der Waals surface area contributed by atoms with Crippen molar-refractivity contribution in [3.8, 4) is 5.75 Å². The molecule has 2 aromatic carbocycles. The van der Waals surface area contributed by atoms with Crippen molar-refractivity contribution < 1.29 is 19.4 Å². The van der Waals surface area contributed by atoms with Crippen LogP contribution in [-0.4, -0.2) is 23.5 Å². The molecule has 0 unspecified atom stereocenters. The van der Waals surface area contributed by atoms with Crippen molar-refractivity contribution in [3.63, 3.8) is 0 Å². The summed E-state index contributed by atoms with van der Waals surface area (Å²) in [5, 5.41) is 12.2. The molecule has 0 bridgehead atoms. The molecule has 0 fully saturated rings. The average molecular weight is 396 g/mol. The molecule has 0 aromatic heterocycles. The first-order chi connectivity index (χ1) is 12.4. The van der Waals surface area contributed by atoms with E-state index in [0.717, 1.165) is 11.1 Å². The van der Waals surface area contributed by atoms with Gasteiger partial charge in [-0.3, -0.25) is 9.59 Å². The van der Waals surface area contributed by atoms with Gasteiger partial charge in [0.05, 0.1) is 16.5 Å². The number of nitrogens with one attached hydrogen (secondary N) is 1. The zero-order valence-corrected chi connectivity index (χ0v) is 15.5. The van der Waals surface area contributed by atoms with Crippen LogP contribution in [-0.2, 0) is 22.6 Å². The molecule has 0 spiro atoms. The van der Waals surface area contributed by atoms with Crippen molar-refractivity contribution in [2.45, 2.75) is 25.9 Å². The smallest absolute Gasteiger partial charge is 0.303 e. The second-order valence-electron chi connectivity index (χ2n) is 5.68. The second-order valence-corrected chi connectivity index (χ2v) is 6.49. The van der Waals surface area contributed by atoms with E-state index in [1.165, 1.54) is 0 Å². The fourth-order valence-corrected chi connectivity index (χ4v) is 2.56. The van der Waals surface area contributed by atoms with Gasteiger partial charge in [0.15, 0.2) is 0 Å². The summed E-state index contributed by atoms with van der Waals surface area (Å²) >= 11 is 11.9. The molecule has 0 atom stereocenters. The lowest BCUT2D eigenvalue weighted by Gasteiger charge is -2.09. The number of carboxylic acid groups (broad SMARTS) is 1. The number of ether oxygens (including phenoxy) is 1. The predicted molar refractivity (Wildman–Crippen MR) is 101 cm³/mol. The fraction of sp³-hybridized carbons (Fsp3) is 0.263. The Hall–Kier alpha value is -2.24. The molecule has 0 radical (unpaired) electrons. The molecule has 5 nitrogen and oxygen atoms in total. The standard InChI is InChI=1S/C19H19Cl2NO4/c20-16-5-4-14(11-17(16)21)12-26-15-3-1-2-13(10-15)8-9-22-18(23)6-7-19(24)25/h1-5,10-11H,6-9,12H2,(H,22,23)(H,24,25). The highest BCUT2D eigenvalue weighted by atomic mass is 35.5. The lowest BCUT2D eigenvalue weighted by Crippen LogP contribution is -2.26. The summed E-state index contributed by atoms with van der Waals surface area (Å²) in [6, 6.07) is 12.9. The Morgan fingerprint density at radius 1 is 1.00 bits per heavy atom. The summed E-state index contributed by atoms with van der Waals surface area (Å²) in [7, 11) is 0. The summed E-state index contributed by atoms with van der Waals surface area (Å²) in [5.41, 5.74) is 1.92. The van der Waals surface area contributed by atoms with E-state index in [1.54, 1.807) is 12.1 Å². The van der Waals surface area contributed by atoms with Gasteiger partial charge in [-0.05, 0) is 41.8 Å². The zero-order chi connectivity index (χ0) is 18.9. The van der Waals surface area contributed by atoms with Gasteiger partial charge < -0.3 is 15.2 Å². The Kier molecular flexibility index (Phi) is 7.75. The molecule has 0 aliphatic rings. The Labute approximate surface area is 161 Å². The highest BCUT2D eigenvalue weighted by Gasteiger charge is 2.05. The molecule has 0 aliphatic heterocycles. The molecular formula is C19H19Cl2NO4. The van der Waals surface area contributed by atoms with Crippen molar-refractivity contribution in [1.82, 2.24) is 5.32 Å². The average Bonchev–Trinajstić information content (AvgIpc) is 2.61. The van der Waals surface area contributed by atoms with E-state index >= 15 is 0 Å². The maximum atomic E-state index is 11.5. The van der Waals surface area contributed by atoms with E-state index < -0.39 is 5.97 Å². The summed E-state index contributed by atoms with van der Waals surface area (Å²) in [4.78, 5) is 21.9. The van der Waals surface area contributed by atoms with Crippen molar-refractivity contribution in [2.24, 2.45) is 0 Å². The predicted octanol–water partition coefficient (Wildman–Crippen LogP) is 4.10. The number of hydrogen-bond donors (Lipinski definition) is 2. The molecule has 0 aliphatic carbocycles. The third-order valence-electron chi connectivity index (χ3n) is 3.59. The van der Waals surface area contributed by atoms with Gasteiger partial charge in [-0.25, -0.2) is 0 Å². The summed E-state index contributed by atoms with van der Waals surface area (Å²) in [6.07, 6.45) is 0.453. The molecule has 1 amide bonds. The normalized spacial score (nSPS) is 10.4. The molecule has 138 valence electrons. The van der Waals surface area contributed by atoms with E-state index in [2.05, 4.69) is 5.32 Å². The lowest BCUT2D eigenvalue weighted by atomic mass is 10.1. The molecule has 0 heterocycles. The van der Waals surface area contributed by atoms with Crippen LogP contribution in [0, 0.1) is 0 Å². The van der Waals surface area contributed by atoms with Crippen LogP contribution >= 0.6 is 23.2 Å². The minimum absolute atomic E-state index is 0.0118. The number of rotatable bonds is 9. The van der Waals surface area contributed by atoms with E-state index in [4.69, 9.17) is 33.0 Å². The Balaban J connectivity index is 1.80. The third-order valence-corrected chi connectivity index (χ3v) is 4.33. The number of halogens is 2. The number of aliphatic carboxylic acids is 1. The van der Waals surface area contributed by atoms with E-state index in [-0.39, 0.29) is 18.7 Å². The molecule has 0 saturated heterocycles. The Morgan fingerprint density at radius 3 is 2.54 bits per heavy atom. The number of benzene rings is 2. The van der Waals surface area contributed by atoms with Crippen LogP contribution in [0.3, 0.4) is 0 Å². The second kappa shape index (κ2) is 10.0. The van der Waals surface area contributed by atoms with Crippen molar-refractivity contribution in [2.75, 3.05) is 6.54 Å². The van der Waals surface area contributed by atoms with Gasteiger partial charge >= 0.3 is 5.97 Å². The number of amides is 1. The van der Waals surface area contributed by atoms with Crippen LogP contribution in [0.15, 0.2) is 42.5 Å². The topological polar surface area (TPSA) is 75.6 Å². The maximum Gasteiger partial charge on any atom is 0.303 e. The number of carbonyl (C=O) groups is 2. The molecule has 2 N–H and O–H groups in total. The maximum absolute atomic E-state index is 11.5. The van der Waals surface area contributed by atoms with Crippen molar-refractivity contribution >= 4 is 35.1 Å². The Bertz CT molecular complexity index is 780. The number of hydrogen-bond acceptors (Lipinski definition) is 3. The quantitative estimate of drug-likeness (QED) is 0.669. The summed E-state index contributed by atoms with van der Waals surface area (Å²) in [6.45, 7) is 0.807. The van der Waals surface area contributed by atoms with E-state index in [0.29, 0.717) is 35.4 Å². The van der Waals surface area contributed by atoms with Gasteiger partial charge in [-0.15, -0.1) is 0 Å². The third kappa shape index (κ3) is 6.94. The van der Waals surface area contributed by atoms with E-state index in [1.807, 2.05) is 30.3 Å². The van der Waals surface area contributed by atoms with Crippen molar-refractivity contribution in [3.05, 3.63) is 63.6 Å². The number of carboxylic acids is 1. The van der Waals surface area contributed by atoms with Gasteiger partial charge in [0.25, 0.3) is 0 Å². The van der Waals surface area contributed by atoms with Crippen molar-refractivity contribution in [1.29, 1.82) is 0 Å². The molecule has 26 heavy (non-hydrogen) atoms.